The second kappa shape index (κ2) is 35.2. The lowest BCUT2D eigenvalue weighted by Crippen LogP contribution is -2.62. The maximum Gasteiger partial charge on any atom is 0.338 e. The minimum Gasteiger partial charge on any atom is -0.496 e. The summed E-state index contributed by atoms with van der Waals surface area (Å²) in [6.07, 6.45) is 41.6. The smallest absolute Gasteiger partial charge is 0.338 e. The number of carbonyl (C=O) groups excluding carboxylic acids is 2. The van der Waals surface area contributed by atoms with Crippen molar-refractivity contribution < 1.29 is 38.0 Å². The second-order valence-electron chi connectivity index (χ2n) is 25.3. The average molecular weight is 1180 g/mol. The number of benzene rings is 4. The van der Waals surface area contributed by atoms with Crippen LogP contribution in [0.2, 0.25) is 0 Å². The van der Waals surface area contributed by atoms with Gasteiger partial charge in [0.2, 0.25) is 0 Å². The van der Waals surface area contributed by atoms with Crippen LogP contribution in [-0.2, 0) is 47.0 Å². The summed E-state index contributed by atoms with van der Waals surface area (Å²) in [4.78, 5) is 38.1. The Morgan fingerprint density at radius 3 is 0.767 bits per heavy atom. The topological polar surface area (TPSA) is 102 Å². The van der Waals surface area contributed by atoms with E-state index in [1.54, 1.807) is 28.4 Å². The zero-order valence-electron chi connectivity index (χ0n) is 54.3. The summed E-state index contributed by atoms with van der Waals surface area (Å²) in [5.74, 6) is 2.65. The number of hydrogen-bond donors (Lipinski definition) is 0. The molecule has 0 N–H and O–H groups in total. The predicted octanol–water partition coefficient (Wildman–Crippen LogP) is 18.1. The van der Waals surface area contributed by atoms with Crippen LogP contribution in [0.3, 0.4) is 0 Å². The molecule has 474 valence electrons. The first-order valence-electron chi connectivity index (χ1n) is 34.3. The van der Waals surface area contributed by atoms with Crippen molar-refractivity contribution in [1.82, 2.24) is 19.6 Å². The zero-order valence-corrected chi connectivity index (χ0v) is 54.3. The molecule has 4 aliphatic heterocycles. The Morgan fingerprint density at radius 1 is 0.326 bits per heavy atom. The van der Waals surface area contributed by atoms with E-state index in [0.29, 0.717) is 63.9 Å². The third-order valence-electron chi connectivity index (χ3n) is 19.5. The monoisotopic (exact) mass is 1180 g/mol. The quantitative estimate of drug-likeness (QED) is 0.0312. The van der Waals surface area contributed by atoms with Crippen LogP contribution >= 0.6 is 0 Å². The molecule has 0 bridgehead atoms. The molecule has 2 saturated heterocycles. The highest BCUT2D eigenvalue weighted by Gasteiger charge is 2.75. The minimum atomic E-state index is -0.865. The maximum atomic E-state index is 13.9. The number of methoxy groups -OCH3 is 4. The lowest BCUT2D eigenvalue weighted by atomic mass is 9.79. The number of esters is 2. The van der Waals surface area contributed by atoms with Crippen LogP contribution in [0, 0.1) is 0 Å². The van der Waals surface area contributed by atoms with Gasteiger partial charge in [-0.05, 0) is 72.5 Å². The molecule has 8 rings (SSSR count). The van der Waals surface area contributed by atoms with Crippen molar-refractivity contribution in [2.75, 3.05) is 55.0 Å². The number of carbonyl (C=O) groups is 2. The number of rotatable bonds is 42. The molecule has 4 aliphatic rings. The number of unbranched alkanes of at least 4 members (excludes halogenated alkanes) is 30. The lowest BCUT2D eigenvalue weighted by Gasteiger charge is -2.51. The van der Waals surface area contributed by atoms with Gasteiger partial charge in [0.1, 0.15) is 34.3 Å². The standard InChI is InChI=1S/C74H110N4O8/c1-7-9-11-13-15-17-19-21-23-25-27-29-31-33-35-37-51-85-71(79)59-39-43-61(44-40-59)73-74(62-45-41-60(42-46-62)72(80)86-52-38-36-34-32-30-28-26-24-22-20-18-16-14-12-10-8-2)77-55-65-66(70(84-6)50-49-69(65)83-5)56-78(74)58-76(73)54-64-63(53-75(73)57-77)67(81-3)47-48-68(64)82-4/h39-50H,7-38,51-58H2,1-6H3. The predicted molar refractivity (Wildman–Crippen MR) is 347 cm³/mol. The summed E-state index contributed by atoms with van der Waals surface area (Å²) in [5, 5.41) is 0. The molecule has 0 saturated carbocycles. The molecule has 12 nitrogen and oxygen atoms in total. The maximum absolute atomic E-state index is 13.9. The van der Waals surface area contributed by atoms with Crippen LogP contribution in [0.1, 0.15) is 273 Å². The van der Waals surface area contributed by atoms with Crippen molar-refractivity contribution in [2.45, 2.75) is 257 Å². The highest BCUT2D eigenvalue weighted by molar-refractivity contribution is 5.90. The fourth-order valence-corrected chi connectivity index (χ4v) is 14.9. The van der Waals surface area contributed by atoms with Gasteiger partial charge in [-0.3, -0.25) is 19.6 Å². The summed E-state index contributed by atoms with van der Waals surface area (Å²) in [5.41, 5.74) is 5.73. The normalized spacial score (nSPS) is 18.3. The molecule has 0 aromatic heterocycles. The third-order valence-corrected chi connectivity index (χ3v) is 19.5. The molecule has 12 heteroatoms. The molecule has 0 radical (unpaired) electrons. The lowest BCUT2D eigenvalue weighted by molar-refractivity contribution is -0.0795. The van der Waals surface area contributed by atoms with Crippen LogP contribution in [0.5, 0.6) is 23.0 Å². The van der Waals surface area contributed by atoms with E-state index in [0.717, 1.165) is 82.1 Å². The van der Waals surface area contributed by atoms with Crippen LogP contribution in [0.4, 0.5) is 0 Å². The van der Waals surface area contributed by atoms with Gasteiger partial charge in [0, 0.05) is 48.4 Å². The molecule has 0 aliphatic carbocycles. The van der Waals surface area contributed by atoms with Crippen molar-refractivity contribution in [1.29, 1.82) is 0 Å². The summed E-state index contributed by atoms with van der Waals surface area (Å²) in [7, 11) is 6.97. The fraction of sp³-hybridized carbons (Fsp3) is 0.649. The highest BCUT2D eigenvalue weighted by Crippen LogP contribution is 2.65. The number of nitrogens with zero attached hydrogens (tertiary/aromatic N) is 4. The highest BCUT2D eigenvalue weighted by atomic mass is 16.5. The molecule has 4 aromatic carbocycles. The van der Waals surface area contributed by atoms with Gasteiger partial charge in [0.05, 0.1) is 66.1 Å². The number of fused-ring (bicyclic) bond motifs is 2. The first-order chi connectivity index (χ1) is 42.3. The Labute approximate surface area is 519 Å². The zero-order chi connectivity index (χ0) is 60.4. The largest absolute Gasteiger partial charge is 0.496 e. The Bertz CT molecular complexity index is 2400. The Kier molecular flexibility index (Phi) is 27.3. The van der Waals surface area contributed by atoms with Gasteiger partial charge in [-0.15, -0.1) is 0 Å². The van der Waals surface area contributed by atoms with E-state index in [9.17, 15) is 9.59 Å². The van der Waals surface area contributed by atoms with Crippen LogP contribution < -0.4 is 18.9 Å². The van der Waals surface area contributed by atoms with E-state index in [1.807, 2.05) is 48.5 Å². The van der Waals surface area contributed by atoms with Crippen molar-refractivity contribution in [3.63, 3.8) is 0 Å². The van der Waals surface area contributed by atoms with E-state index in [1.165, 1.54) is 180 Å². The fourth-order valence-electron chi connectivity index (χ4n) is 14.9. The van der Waals surface area contributed by atoms with Gasteiger partial charge < -0.3 is 28.4 Å². The van der Waals surface area contributed by atoms with Gasteiger partial charge >= 0.3 is 11.9 Å². The van der Waals surface area contributed by atoms with Crippen LogP contribution in [-0.4, -0.2) is 86.5 Å². The average Bonchev–Trinajstić information content (AvgIpc) is 1.48. The van der Waals surface area contributed by atoms with Gasteiger partial charge in [0.15, 0.2) is 0 Å². The van der Waals surface area contributed by atoms with Crippen molar-refractivity contribution in [3.05, 3.63) is 117 Å². The van der Waals surface area contributed by atoms with Crippen LogP contribution in [0.15, 0.2) is 72.8 Å². The summed E-state index contributed by atoms with van der Waals surface area (Å²) >= 11 is 0. The molecule has 0 unspecified atom stereocenters. The Hall–Kier alpha value is -5.14. The number of hydrogen-bond acceptors (Lipinski definition) is 12. The molecule has 4 heterocycles. The third kappa shape index (κ3) is 16.2. The Morgan fingerprint density at radius 2 is 0.547 bits per heavy atom. The van der Waals surface area contributed by atoms with E-state index in [4.69, 9.17) is 28.4 Å². The van der Waals surface area contributed by atoms with E-state index >= 15 is 0 Å². The molecule has 86 heavy (non-hydrogen) atoms. The summed E-state index contributed by atoms with van der Waals surface area (Å²) < 4.78 is 36.6. The van der Waals surface area contributed by atoms with Crippen molar-refractivity contribution in [2.24, 2.45) is 0 Å². The molecule has 0 amide bonds. The molecular weight excluding hydrogens is 1070 g/mol. The molecule has 4 aromatic rings. The SMILES string of the molecule is CCCCCCCCCCCCCCCCCCOC(=O)c1ccc(C23N4Cc5c(OC)ccc(OC)c5CN2CN2Cc5c(OC)ccc(OC)c5CN(C4)C23c2ccc(C(=O)OCCCCCCCCCCCCCCCCCC)cc2)cc1. The Balaban J connectivity index is 0.960. The van der Waals surface area contributed by atoms with Gasteiger partial charge in [0.25, 0.3) is 0 Å². The van der Waals surface area contributed by atoms with Crippen LogP contribution in [0.25, 0.3) is 0 Å². The number of ether oxygens (including phenoxy) is 6. The van der Waals surface area contributed by atoms with E-state index in [-0.39, 0.29) is 11.9 Å². The summed E-state index contributed by atoms with van der Waals surface area (Å²) in [6, 6.07) is 24.5. The van der Waals surface area contributed by atoms with Crippen molar-refractivity contribution >= 4 is 11.9 Å². The minimum absolute atomic E-state index is 0.299. The second-order valence-corrected chi connectivity index (χ2v) is 25.3. The van der Waals surface area contributed by atoms with E-state index < -0.39 is 11.3 Å². The first-order valence-corrected chi connectivity index (χ1v) is 34.3. The van der Waals surface area contributed by atoms with Gasteiger partial charge in [-0.1, -0.05) is 231 Å². The molecular formula is C74H110N4O8. The van der Waals surface area contributed by atoms with Gasteiger partial charge in [-0.25, -0.2) is 9.59 Å². The first kappa shape index (κ1) is 66.8. The molecule has 2 fully saturated rings. The molecule has 0 atom stereocenters. The van der Waals surface area contributed by atoms with Gasteiger partial charge in [-0.2, -0.15) is 0 Å². The van der Waals surface area contributed by atoms with E-state index in [2.05, 4.69) is 57.7 Å². The summed E-state index contributed by atoms with van der Waals surface area (Å²) in [6.45, 7) is 8.70. The van der Waals surface area contributed by atoms with Crippen molar-refractivity contribution in [3.8, 4) is 23.0 Å². The molecule has 0 spiro atoms.